The molecule has 3 heterocycles. The van der Waals surface area contributed by atoms with Crippen molar-refractivity contribution in [3.05, 3.63) is 35.4 Å². The van der Waals surface area contributed by atoms with Gasteiger partial charge in [-0.15, -0.1) is 0 Å². The molecule has 4 aliphatic rings. The molecule has 2 fully saturated rings. The Morgan fingerprint density at radius 3 is 2.58 bits per heavy atom. The Bertz CT molecular complexity index is 1230. The quantitative estimate of drug-likeness (QED) is 0.267. The highest BCUT2D eigenvalue weighted by Crippen LogP contribution is 2.67. The molecule has 4 N–H and O–H groups in total. The molecule has 1 amide bonds. The predicted molar refractivity (Wildman–Crippen MR) is 155 cm³/mol. The van der Waals surface area contributed by atoms with Crippen molar-refractivity contribution in [2.45, 2.75) is 88.5 Å². The monoisotopic (exact) mass is 554 g/mol. The third-order valence-electron chi connectivity index (χ3n) is 10.1. The molecule has 1 spiro atoms. The zero-order valence-corrected chi connectivity index (χ0v) is 25.0. The molecule has 1 aliphatic carbocycles. The van der Waals surface area contributed by atoms with Gasteiger partial charge in [0.15, 0.2) is 6.10 Å². The number of likely N-dealkylation sites (N-methyl/N-ethyl adjacent to an activating group) is 1. The zero-order valence-electron chi connectivity index (χ0n) is 25.0. The third kappa shape index (κ3) is 3.70. The van der Waals surface area contributed by atoms with Gasteiger partial charge in [0.25, 0.3) is 5.91 Å². The van der Waals surface area contributed by atoms with Crippen molar-refractivity contribution < 1.29 is 24.2 Å². The van der Waals surface area contributed by atoms with Gasteiger partial charge in [0.1, 0.15) is 5.75 Å². The van der Waals surface area contributed by atoms with Crippen LogP contribution in [-0.2, 0) is 25.2 Å². The van der Waals surface area contributed by atoms with Crippen LogP contribution in [0.2, 0.25) is 0 Å². The number of nitrogens with zero attached hydrogens (tertiary/aromatic N) is 2. The Kier molecular flexibility index (Phi) is 7.03. The predicted octanol–water partition coefficient (Wildman–Crippen LogP) is 2.23. The van der Waals surface area contributed by atoms with Crippen LogP contribution in [0.3, 0.4) is 0 Å². The van der Waals surface area contributed by atoms with Crippen molar-refractivity contribution in [1.29, 1.82) is 0 Å². The molecule has 40 heavy (non-hydrogen) atoms. The number of amides is 1. The van der Waals surface area contributed by atoms with E-state index < -0.39 is 40.5 Å². The summed E-state index contributed by atoms with van der Waals surface area (Å²) in [5.74, 6) is -0.263. The minimum absolute atomic E-state index is 0.0774. The van der Waals surface area contributed by atoms with Gasteiger partial charge in [0, 0.05) is 55.7 Å². The van der Waals surface area contributed by atoms with Crippen molar-refractivity contribution in [1.82, 2.24) is 10.2 Å². The summed E-state index contributed by atoms with van der Waals surface area (Å²) in [6.07, 6.45) is 5.09. The van der Waals surface area contributed by atoms with Crippen LogP contribution in [0.1, 0.15) is 65.0 Å². The number of rotatable bonds is 7. The number of esters is 1. The van der Waals surface area contributed by atoms with Gasteiger partial charge < -0.3 is 30.5 Å². The van der Waals surface area contributed by atoms with E-state index in [1.54, 1.807) is 7.11 Å². The van der Waals surface area contributed by atoms with Crippen molar-refractivity contribution in [2.75, 3.05) is 45.2 Å². The van der Waals surface area contributed by atoms with Crippen molar-refractivity contribution in [3.63, 3.8) is 0 Å². The number of hydrogen-bond acceptors (Lipinski definition) is 8. The van der Waals surface area contributed by atoms with E-state index in [1.807, 2.05) is 11.9 Å². The molecule has 5 unspecified atom stereocenters. The molecule has 1 aromatic rings. The van der Waals surface area contributed by atoms with Gasteiger partial charge in [-0.25, -0.2) is 0 Å². The fraction of sp³-hybridized carbons (Fsp3) is 0.677. The highest BCUT2D eigenvalue weighted by molar-refractivity contribution is 5.91. The molecule has 6 atom stereocenters. The summed E-state index contributed by atoms with van der Waals surface area (Å²) in [6.45, 7) is 12.3. The minimum Gasteiger partial charge on any atom is -0.496 e. The number of anilines is 1. The SMILES string of the molecule is CCC12C=CCN3CCC4(c5cc(C(C)(C)C)c(OC)cc5N(C)C4[C@@](O)(C(=O)NCCCN)C1OC(C)=O)C32. The summed E-state index contributed by atoms with van der Waals surface area (Å²) in [6, 6.07) is 3.57. The first kappa shape index (κ1) is 28.9. The zero-order chi connectivity index (χ0) is 29.3. The maximum absolute atomic E-state index is 14.3. The lowest BCUT2D eigenvalue weighted by atomic mass is 9.47. The van der Waals surface area contributed by atoms with Crippen LogP contribution in [0.15, 0.2) is 24.3 Å². The minimum atomic E-state index is -2.03. The van der Waals surface area contributed by atoms with Crippen LogP contribution in [0.25, 0.3) is 0 Å². The Morgan fingerprint density at radius 2 is 1.98 bits per heavy atom. The molecule has 9 nitrogen and oxygen atoms in total. The van der Waals surface area contributed by atoms with Crippen LogP contribution in [0.5, 0.6) is 5.75 Å². The summed E-state index contributed by atoms with van der Waals surface area (Å²) in [5, 5.41) is 16.0. The summed E-state index contributed by atoms with van der Waals surface area (Å²) in [5.41, 5.74) is 5.28. The van der Waals surface area contributed by atoms with E-state index >= 15 is 0 Å². The average molecular weight is 555 g/mol. The van der Waals surface area contributed by atoms with E-state index in [0.717, 1.165) is 42.1 Å². The van der Waals surface area contributed by atoms with E-state index in [2.05, 4.69) is 62.2 Å². The normalized spacial score (nSPS) is 34.2. The van der Waals surface area contributed by atoms with Gasteiger partial charge in [0.05, 0.1) is 13.2 Å². The molecule has 9 heteroatoms. The number of ether oxygens (including phenoxy) is 2. The van der Waals surface area contributed by atoms with Gasteiger partial charge in [-0.2, -0.15) is 0 Å². The van der Waals surface area contributed by atoms with E-state index in [0.29, 0.717) is 25.9 Å². The van der Waals surface area contributed by atoms with Crippen LogP contribution in [0.4, 0.5) is 5.69 Å². The number of benzene rings is 1. The molecule has 1 aromatic carbocycles. The summed E-state index contributed by atoms with van der Waals surface area (Å²) < 4.78 is 12.0. The number of aliphatic hydroxyl groups is 1. The highest BCUT2D eigenvalue weighted by atomic mass is 16.6. The maximum Gasteiger partial charge on any atom is 0.303 e. The average Bonchev–Trinajstić information content (AvgIpc) is 3.41. The molecule has 5 rings (SSSR count). The van der Waals surface area contributed by atoms with Gasteiger partial charge >= 0.3 is 5.97 Å². The second-order valence-electron chi connectivity index (χ2n) is 13.1. The first-order valence-electron chi connectivity index (χ1n) is 14.6. The van der Waals surface area contributed by atoms with Crippen molar-refractivity contribution >= 4 is 17.6 Å². The van der Waals surface area contributed by atoms with E-state index in [-0.39, 0.29) is 11.5 Å². The summed E-state index contributed by atoms with van der Waals surface area (Å²) in [4.78, 5) is 31.5. The smallest absolute Gasteiger partial charge is 0.303 e. The van der Waals surface area contributed by atoms with E-state index in [4.69, 9.17) is 15.2 Å². The van der Waals surface area contributed by atoms with Crippen LogP contribution >= 0.6 is 0 Å². The Labute approximate surface area is 238 Å². The highest BCUT2D eigenvalue weighted by Gasteiger charge is 2.79. The van der Waals surface area contributed by atoms with Crippen molar-refractivity contribution in [3.8, 4) is 5.75 Å². The first-order valence-corrected chi connectivity index (χ1v) is 14.6. The Morgan fingerprint density at radius 1 is 1.25 bits per heavy atom. The van der Waals surface area contributed by atoms with Gasteiger partial charge in [0.2, 0.25) is 5.60 Å². The fourth-order valence-electron chi connectivity index (χ4n) is 8.65. The molecule has 1 saturated heterocycles. The van der Waals surface area contributed by atoms with Crippen LogP contribution in [0, 0.1) is 5.41 Å². The summed E-state index contributed by atoms with van der Waals surface area (Å²) >= 11 is 0. The lowest BCUT2D eigenvalue weighted by Gasteiger charge is -2.63. The second kappa shape index (κ2) is 9.74. The topological polar surface area (TPSA) is 117 Å². The summed E-state index contributed by atoms with van der Waals surface area (Å²) in [7, 11) is 3.62. The largest absolute Gasteiger partial charge is 0.496 e. The number of nitrogens with two attached hydrogens (primary N) is 1. The number of fused-ring (bicyclic) bond motifs is 1. The first-order chi connectivity index (χ1) is 18.8. The molecular formula is C31H46N4O5. The molecule has 220 valence electrons. The van der Waals surface area contributed by atoms with Gasteiger partial charge in [-0.05, 0) is 55.0 Å². The van der Waals surface area contributed by atoms with E-state index in [1.165, 1.54) is 6.92 Å². The number of methoxy groups -OCH3 is 1. The fourth-order valence-corrected chi connectivity index (χ4v) is 8.65. The molecule has 0 bridgehead atoms. The van der Waals surface area contributed by atoms with Crippen LogP contribution < -0.4 is 20.7 Å². The number of carbonyl (C=O) groups excluding carboxylic acids is 2. The van der Waals surface area contributed by atoms with Gasteiger partial charge in [-0.1, -0.05) is 39.8 Å². The molecule has 1 saturated carbocycles. The molecule has 0 aromatic heterocycles. The second-order valence-corrected chi connectivity index (χ2v) is 13.1. The van der Waals surface area contributed by atoms with Gasteiger partial charge in [-0.3, -0.25) is 14.5 Å². The standard InChI is InChI=1S/C31H46N4O5/c1-8-29-11-9-15-35-16-12-30(24(29)35)20-17-21(28(3,4)5)23(39-7)18-22(20)34(6)25(30)31(38,26(29)40-19(2)36)27(37)33-14-10-13-32/h9,11,17-18,24-26,38H,8,10,12-16,32H2,1-7H3,(H,33,37)/t24?,25?,26?,29?,30?,31-/m0/s1. The lowest BCUT2D eigenvalue weighted by molar-refractivity contribution is -0.218. The Hall–Kier alpha value is -2.62. The molecule has 0 radical (unpaired) electrons. The molecular weight excluding hydrogens is 508 g/mol. The maximum atomic E-state index is 14.3. The third-order valence-corrected chi connectivity index (χ3v) is 10.1. The molecule has 3 aliphatic heterocycles. The number of carbonyl (C=O) groups is 2. The van der Waals surface area contributed by atoms with Crippen molar-refractivity contribution in [2.24, 2.45) is 11.1 Å². The Balaban J connectivity index is 1.84. The van der Waals surface area contributed by atoms with Crippen LogP contribution in [-0.4, -0.2) is 86.0 Å². The lowest BCUT2D eigenvalue weighted by Crippen LogP contribution is -2.82. The number of nitrogens with one attached hydrogen (secondary N) is 1. The van der Waals surface area contributed by atoms with E-state index in [9.17, 15) is 14.7 Å². The number of hydrogen-bond donors (Lipinski definition) is 3.